The van der Waals surface area contributed by atoms with Crippen molar-refractivity contribution in [3.63, 3.8) is 0 Å². The van der Waals surface area contributed by atoms with Crippen LogP contribution >= 0.6 is 0 Å². The zero-order valence-corrected chi connectivity index (χ0v) is 14.2. The second-order valence-electron chi connectivity index (χ2n) is 5.79. The predicted octanol–water partition coefficient (Wildman–Crippen LogP) is 3.64. The lowest BCUT2D eigenvalue weighted by molar-refractivity contribution is -0.119. The van der Waals surface area contributed by atoms with E-state index in [1.54, 1.807) is 13.0 Å². The molecule has 26 heavy (non-hydrogen) atoms. The van der Waals surface area contributed by atoms with E-state index in [9.17, 15) is 14.0 Å². The van der Waals surface area contributed by atoms with Gasteiger partial charge in [0.2, 0.25) is 5.91 Å². The fraction of sp³-hybridized carbons (Fsp3) is 0.150. The molecule has 0 radical (unpaired) electrons. The maximum Gasteiger partial charge on any atom is 0.267 e. The number of halogens is 1. The van der Waals surface area contributed by atoms with Crippen molar-refractivity contribution >= 4 is 11.6 Å². The number of aromatic nitrogens is 2. The van der Waals surface area contributed by atoms with Crippen molar-refractivity contribution in [2.24, 2.45) is 0 Å². The first-order chi connectivity index (χ1) is 12.6. The van der Waals surface area contributed by atoms with Crippen LogP contribution in [0.3, 0.4) is 0 Å². The molecule has 1 aromatic heterocycles. The molecule has 2 aromatic carbocycles. The average Bonchev–Trinajstić information content (AvgIpc) is 2.66. The van der Waals surface area contributed by atoms with E-state index in [1.807, 2.05) is 30.3 Å². The molecule has 5 nitrogen and oxygen atoms in total. The Morgan fingerprint density at radius 3 is 2.42 bits per heavy atom. The highest BCUT2D eigenvalue weighted by Gasteiger charge is 2.21. The first-order valence-electron chi connectivity index (χ1n) is 8.30. The summed E-state index contributed by atoms with van der Waals surface area (Å²) in [5, 5.41) is 7.07. The maximum atomic E-state index is 13.0. The Labute approximate surface area is 150 Å². The molecule has 6 heteroatoms. The van der Waals surface area contributed by atoms with Crippen LogP contribution in [-0.4, -0.2) is 15.7 Å². The second-order valence-corrected chi connectivity index (χ2v) is 5.79. The molecule has 132 valence electrons. The minimum Gasteiger partial charge on any atom is -0.324 e. The zero-order chi connectivity index (χ0) is 18.5. The molecule has 3 aromatic rings. The Morgan fingerprint density at radius 2 is 1.77 bits per heavy atom. The number of hydrogen-bond donors (Lipinski definition) is 1. The van der Waals surface area contributed by atoms with Gasteiger partial charge in [-0.15, -0.1) is 0 Å². The van der Waals surface area contributed by atoms with Gasteiger partial charge in [0.15, 0.2) is 0 Å². The topological polar surface area (TPSA) is 64.0 Å². The van der Waals surface area contributed by atoms with Gasteiger partial charge in [-0.3, -0.25) is 9.59 Å². The Hall–Kier alpha value is -3.28. The van der Waals surface area contributed by atoms with Gasteiger partial charge < -0.3 is 5.32 Å². The first-order valence-corrected chi connectivity index (χ1v) is 8.30. The molecule has 3 rings (SSSR count). The highest BCUT2D eigenvalue weighted by molar-refractivity contribution is 5.93. The summed E-state index contributed by atoms with van der Waals surface area (Å²) in [7, 11) is 0. The molecule has 1 heterocycles. The van der Waals surface area contributed by atoms with Crippen molar-refractivity contribution in [2.45, 2.75) is 19.4 Å². The van der Waals surface area contributed by atoms with Gasteiger partial charge in [0.1, 0.15) is 11.9 Å². The highest BCUT2D eigenvalue weighted by Crippen LogP contribution is 2.18. The predicted molar refractivity (Wildman–Crippen MR) is 98.3 cm³/mol. The summed E-state index contributed by atoms with van der Waals surface area (Å²) in [5.41, 5.74) is 1.57. The SMILES string of the molecule is CC[C@@H](C(=O)Nc1ccc(F)cc1)n1nc(-c2ccccc2)ccc1=O. The van der Waals surface area contributed by atoms with Gasteiger partial charge in [-0.05, 0) is 36.8 Å². The number of carbonyl (C=O) groups is 1. The molecule has 0 aliphatic rings. The molecule has 1 N–H and O–H groups in total. The number of benzene rings is 2. The Bertz CT molecular complexity index is 953. The summed E-state index contributed by atoms with van der Waals surface area (Å²) in [6, 6.07) is 17.2. The molecule has 1 amide bonds. The largest absolute Gasteiger partial charge is 0.324 e. The molecule has 0 fully saturated rings. The number of hydrogen-bond acceptors (Lipinski definition) is 3. The molecule has 0 spiro atoms. The summed E-state index contributed by atoms with van der Waals surface area (Å²) < 4.78 is 14.2. The molecule has 0 aliphatic carbocycles. The van der Waals surface area contributed by atoms with Crippen LogP contribution in [-0.2, 0) is 4.79 Å². The van der Waals surface area contributed by atoms with E-state index < -0.39 is 6.04 Å². The van der Waals surface area contributed by atoms with E-state index in [0.29, 0.717) is 17.8 Å². The van der Waals surface area contributed by atoms with Crippen LogP contribution in [0, 0.1) is 5.82 Å². The highest BCUT2D eigenvalue weighted by atomic mass is 19.1. The summed E-state index contributed by atoms with van der Waals surface area (Å²) in [6.45, 7) is 1.80. The van der Waals surface area contributed by atoms with E-state index in [0.717, 1.165) is 5.56 Å². The number of nitrogens with one attached hydrogen (secondary N) is 1. The van der Waals surface area contributed by atoms with Gasteiger partial charge in [0, 0.05) is 17.3 Å². The van der Waals surface area contributed by atoms with Crippen molar-refractivity contribution in [1.82, 2.24) is 9.78 Å². The Morgan fingerprint density at radius 1 is 1.08 bits per heavy atom. The van der Waals surface area contributed by atoms with Gasteiger partial charge in [0.05, 0.1) is 5.69 Å². The van der Waals surface area contributed by atoms with E-state index >= 15 is 0 Å². The average molecular weight is 351 g/mol. The molecule has 1 atom stereocenters. The van der Waals surface area contributed by atoms with Crippen LogP contribution in [0.15, 0.2) is 71.5 Å². The van der Waals surface area contributed by atoms with Crippen LogP contribution in [0.2, 0.25) is 0 Å². The lowest BCUT2D eigenvalue weighted by Gasteiger charge is -2.17. The number of amides is 1. The van der Waals surface area contributed by atoms with Crippen LogP contribution in [0.5, 0.6) is 0 Å². The lowest BCUT2D eigenvalue weighted by Crippen LogP contribution is -2.34. The molecular weight excluding hydrogens is 333 g/mol. The van der Waals surface area contributed by atoms with Crippen molar-refractivity contribution < 1.29 is 9.18 Å². The van der Waals surface area contributed by atoms with Crippen LogP contribution in [0.4, 0.5) is 10.1 Å². The molecule has 0 bridgehead atoms. The minimum absolute atomic E-state index is 0.356. The molecule has 0 aliphatic heterocycles. The summed E-state index contributed by atoms with van der Waals surface area (Å²) in [5.74, 6) is -0.762. The Kier molecular flexibility index (Phi) is 5.22. The molecule has 0 saturated carbocycles. The number of anilines is 1. The van der Waals surface area contributed by atoms with Crippen LogP contribution < -0.4 is 10.9 Å². The van der Waals surface area contributed by atoms with Gasteiger partial charge >= 0.3 is 0 Å². The summed E-state index contributed by atoms with van der Waals surface area (Å²) in [4.78, 5) is 24.9. The molecule has 0 saturated heterocycles. The minimum atomic E-state index is -0.767. The van der Waals surface area contributed by atoms with Crippen molar-refractivity contribution in [3.8, 4) is 11.3 Å². The van der Waals surface area contributed by atoms with Crippen molar-refractivity contribution in [2.75, 3.05) is 5.32 Å². The number of carbonyl (C=O) groups excluding carboxylic acids is 1. The summed E-state index contributed by atoms with van der Waals surface area (Å²) >= 11 is 0. The maximum absolute atomic E-state index is 13.0. The fourth-order valence-electron chi connectivity index (χ4n) is 2.64. The van der Waals surface area contributed by atoms with Gasteiger partial charge in [-0.2, -0.15) is 5.10 Å². The first kappa shape index (κ1) is 17.5. The zero-order valence-electron chi connectivity index (χ0n) is 14.2. The molecule has 0 unspecified atom stereocenters. The summed E-state index contributed by atoms with van der Waals surface area (Å²) in [6.07, 6.45) is 0.387. The van der Waals surface area contributed by atoms with Crippen molar-refractivity contribution in [1.29, 1.82) is 0 Å². The van der Waals surface area contributed by atoms with Gasteiger partial charge in [0.25, 0.3) is 5.56 Å². The van der Waals surface area contributed by atoms with Gasteiger partial charge in [-0.1, -0.05) is 37.3 Å². The second kappa shape index (κ2) is 7.74. The number of nitrogens with zero attached hydrogens (tertiary/aromatic N) is 2. The van der Waals surface area contributed by atoms with Gasteiger partial charge in [-0.25, -0.2) is 9.07 Å². The quantitative estimate of drug-likeness (QED) is 0.763. The monoisotopic (exact) mass is 351 g/mol. The third kappa shape index (κ3) is 3.85. The van der Waals surface area contributed by atoms with Crippen LogP contribution in [0.25, 0.3) is 11.3 Å². The van der Waals surface area contributed by atoms with Crippen molar-refractivity contribution in [3.05, 3.63) is 82.9 Å². The van der Waals surface area contributed by atoms with E-state index in [2.05, 4.69) is 10.4 Å². The standard InChI is InChI=1S/C20H18FN3O2/c1-2-18(20(26)22-16-10-8-15(21)9-11-16)24-19(25)13-12-17(23-24)14-6-4-3-5-7-14/h3-13,18H,2H2,1H3,(H,22,26)/t18-/m0/s1. The van der Waals surface area contributed by atoms with E-state index in [4.69, 9.17) is 0 Å². The van der Waals surface area contributed by atoms with E-state index in [1.165, 1.54) is 35.0 Å². The molecular formula is C20H18FN3O2. The lowest BCUT2D eigenvalue weighted by atomic mass is 10.1. The third-order valence-corrected chi connectivity index (χ3v) is 3.99. The smallest absolute Gasteiger partial charge is 0.267 e. The fourth-order valence-corrected chi connectivity index (χ4v) is 2.64. The normalized spacial score (nSPS) is 11.8. The number of rotatable bonds is 5. The third-order valence-electron chi connectivity index (χ3n) is 3.99. The van der Waals surface area contributed by atoms with E-state index in [-0.39, 0.29) is 17.3 Å². The van der Waals surface area contributed by atoms with Crippen LogP contribution in [0.1, 0.15) is 19.4 Å². The Balaban J connectivity index is 1.90.